The Morgan fingerprint density at radius 1 is 1.46 bits per heavy atom. The van der Waals surface area contributed by atoms with Gasteiger partial charge in [0.15, 0.2) is 0 Å². The van der Waals surface area contributed by atoms with Crippen molar-refractivity contribution in [2.45, 2.75) is 19.8 Å². The predicted molar refractivity (Wildman–Crippen MR) is 50.5 cm³/mol. The fraction of sp³-hybridized carbons (Fsp3) is 0.400. The van der Waals surface area contributed by atoms with Gasteiger partial charge >= 0.3 is 0 Å². The van der Waals surface area contributed by atoms with Gasteiger partial charge < -0.3 is 4.57 Å². The van der Waals surface area contributed by atoms with E-state index >= 15 is 0 Å². The topological polar surface area (TPSA) is 45.8 Å². The molecule has 0 fully saturated rings. The third-order valence-electron chi connectivity index (χ3n) is 2.07. The molecule has 0 bridgehead atoms. The van der Waals surface area contributed by atoms with Crippen LogP contribution in [0.15, 0.2) is 16.9 Å². The summed E-state index contributed by atoms with van der Waals surface area (Å²) in [7, 11) is 1.62. The molecule has 0 aromatic carbocycles. The number of aromatic nitrogens is 1. The summed E-state index contributed by atoms with van der Waals surface area (Å²) in [4.78, 5) is 11.2. The first-order chi connectivity index (χ1) is 6.07. The van der Waals surface area contributed by atoms with Crippen molar-refractivity contribution in [1.29, 1.82) is 5.26 Å². The van der Waals surface area contributed by atoms with Crippen LogP contribution >= 0.6 is 0 Å². The number of nitriles is 1. The molecule has 0 unspecified atom stereocenters. The zero-order valence-electron chi connectivity index (χ0n) is 8.03. The lowest BCUT2D eigenvalue weighted by atomic mass is 10.0. The molecule has 3 heteroatoms. The molecule has 1 aromatic rings. The van der Waals surface area contributed by atoms with E-state index in [1.54, 1.807) is 13.1 Å². The minimum atomic E-state index is -0.138. The van der Waals surface area contributed by atoms with Gasteiger partial charge in [-0.1, -0.05) is 19.9 Å². The number of nitrogens with zero attached hydrogens (tertiary/aromatic N) is 2. The summed E-state index contributed by atoms with van der Waals surface area (Å²) in [5, 5.41) is 8.86. The van der Waals surface area contributed by atoms with Gasteiger partial charge in [0.05, 0.1) is 0 Å². The Balaban J connectivity index is 3.50. The lowest BCUT2D eigenvalue weighted by Crippen LogP contribution is -2.19. The molecule has 0 saturated carbocycles. The normalized spacial score (nSPS) is 10.1. The molecule has 0 atom stereocenters. The second-order valence-corrected chi connectivity index (χ2v) is 3.30. The zero-order valence-corrected chi connectivity index (χ0v) is 8.03. The average Bonchev–Trinajstić information content (AvgIpc) is 2.09. The Labute approximate surface area is 77.2 Å². The maximum atomic E-state index is 11.2. The SMILES string of the molecule is CC(C)c1ccc(=O)n(C)c1C#N. The van der Waals surface area contributed by atoms with Crippen molar-refractivity contribution in [3.63, 3.8) is 0 Å². The summed E-state index contributed by atoms with van der Waals surface area (Å²) < 4.78 is 1.38. The summed E-state index contributed by atoms with van der Waals surface area (Å²) >= 11 is 0. The van der Waals surface area contributed by atoms with Crippen molar-refractivity contribution in [2.75, 3.05) is 0 Å². The van der Waals surface area contributed by atoms with E-state index in [1.165, 1.54) is 10.6 Å². The second kappa shape index (κ2) is 3.44. The van der Waals surface area contributed by atoms with E-state index in [0.29, 0.717) is 5.69 Å². The van der Waals surface area contributed by atoms with E-state index in [4.69, 9.17) is 5.26 Å². The first kappa shape index (κ1) is 9.53. The molecular formula is C10H12N2O. The van der Waals surface area contributed by atoms with Gasteiger partial charge in [-0.05, 0) is 11.5 Å². The smallest absolute Gasteiger partial charge is 0.251 e. The van der Waals surface area contributed by atoms with E-state index in [0.717, 1.165) is 5.56 Å². The average molecular weight is 176 g/mol. The van der Waals surface area contributed by atoms with Crippen LogP contribution in [0.2, 0.25) is 0 Å². The molecule has 1 aromatic heterocycles. The summed E-state index contributed by atoms with van der Waals surface area (Å²) in [5.41, 5.74) is 1.24. The van der Waals surface area contributed by atoms with E-state index in [9.17, 15) is 4.79 Å². The van der Waals surface area contributed by atoms with Crippen molar-refractivity contribution < 1.29 is 0 Å². The highest BCUT2D eigenvalue weighted by Crippen LogP contribution is 2.16. The van der Waals surface area contributed by atoms with E-state index in [2.05, 4.69) is 0 Å². The van der Waals surface area contributed by atoms with Gasteiger partial charge in [-0.3, -0.25) is 4.79 Å². The van der Waals surface area contributed by atoms with E-state index in [-0.39, 0.29) is 11.5 Å². The highest BCUT2D eigenvalue weighted by Gasteiger charge is 2.09. The number of hydrogen-bond acceptors (Lipinski definition) is 2. The Hall–Kier alpha value is -1.56. The van der Waals surface area contributed by atoms with Crippen LogP contribution in [0.3, 0.4) is 0 Å². The molecule has 0 amide bonds. The van der Waals surface area contributed by atoms with Gasteiger partial charge in [-0.25, -0.2) is 0 Å². The van der Waals surface area contributed by atoms with Crippen LogP contribution in [0.1, 0.15) is 31.0 Å². The van der Waals surface area contributed by atoms with Gasteiger partial charge in [0.1, 0.15) is 11.8 Å². The van der Waals surface area contributed by atoms with Crippen LogP contribution in [-0.2, 0) is 7.05 Å². The van der Waals surface area contributed by atoms with Crippen LogP contribution in [0, 0.1) is 11.3 Å². The standard InChI is InChI=1S/C10H12N2O/c1-7(2)8-4-5-10(13)12(3)9(8)6-11/h4-5,7H,1-3H3. The molecule has 1 rings (SSSR count). The highest BCUT2D eigenvalue weighted by molar-refractivity contribution is 5.33. The van der Waals surface area contributed by atoms with Crippen molar-refractivity contribution in [1.82, 2.24) is 4.57 Å². The number of hydrogen-bond donors (Lipinski definition) is 0. The molecule has 68 valence electrons. The van der Waals surface area contributed by atoms with E-state index in [1.807, 2.05) is 19.9 Å². The Kier molecular flexibility index (Phi) is 2.52. The molecule has 13 heavy (non-hydrogen) atoms. The minimum absolute atomic E-state index is 0.138. The van der Waals surface area contributed by atoms with Crippen LogP contribution in [0.25, 0.3) is 0 Å². The quantitative estimate of drug-likeness (QED) is 0.649. The molecular weight excluding hydrogens is 164 g/mol. The molecule has 0 aliphatic rings. The molecule has 0 N–H and O–H groups in total. The third-order valence-corrected chi connectivity index (χ3v) is 2.07. The predicted octanol–water partition coefficient (Wildman–Crippen LogP) is 1.38. The van der Waals surface area contributed by atoms with Crippen LogP contribution in [0.5, 0.6) is 0 Å². The highest BCUT2D eigenvalue weighted by atomic mass is 16.1. The summed E-state index contributed by atoms with van der Waals surface area (Å²) in [6.07, 6.45) is 0. The monoisotopic (exact) mass is 176 g/mol. The largest absolute Gasteiger partial charge is 0.303 e. The van der Waals surface area contributed by atoms with Crippen molar-refractivity contribution in [3.05, 3.63) is 33.7 Å². The lowest BCUT2D eigenvalue weighted by molar-refractivity contribution is 0.779. The molecule has 0 saturated heterocycles. The summed E-state index contributed by atoms with van der Waals surface area (Å²) in [6, 6.07) is 5.27. The Morgan fingerprint density at radius 3 is 2.54 bits per heavy atom. The second-order valence-electron chi connectivity index (χ2n) is 3.30. The van der Waals surface area contributed by atoms with E-state index < -0.39 is 0 Å². The first-order valence-electron chi connectivity index (χ1n) is 4.18. The number of pyridine rings is 1. The summed E-state index contributed by atoms with van der Waals surface area (Å²) in [5.74, 6) is 0.265. The fourth-order valence-corrected chi connectivity index (χ4v) is 1.26. The molecule has 0 radical (unpaired) electrons. The lowest BCUT2D eigenvalue weighted by Gasteiger charge is -2.09. The van der Waals surface area contributed by atoms with Gasteiger partial charge in [-0.15, -0.1) is 0 Å². The number of rotatable bonds is 1. The zero-order chi connectivity index (χ0) is 10.0. The maximum absolute atomic E-state index is 11.2. The van der Waals surface area contributed by atoms with Crippen LogP contribution in [-0.4, -0.2) is 4.57 Å². The Bertz CT molecular complexity index is 410. The van der Waals surface area contributed by atoms with Crippen molar-refractivity contribution >= 4 is 0 Å². The molecule has 0 spiro atoms. The molecule has 1 heterocycles. The van der Waals surface area contributed by atoms with Gasteiger partial charge in [0.2, 0.25) is 0 Å². The van der Waals surface area contributed by atoms with Crippen molar-refractivity contribution in [2.24, 2.45) is 7.05 Å². The molecule has 3 nitrogen and oxygen atoms in total. The molecule has 0 aliphatic carbocycles. The summed E-state index contributed by atoms with van der Waals surface area (Å²) in [6.45, 7) is 4.00. The van der Waals surface area contributed by atoms with Crippen LogP contribution < -0.4 is 5.56 Å². The minimum Gasteiger partial charge on any atom is -0.303 e. The maximum Gasteiger partial charge on any atom is 0.251 e. The molecule has 0 aliphatic heterocycles. The Morgan fingerprint density at radius 2 is 2.08 bits per heavy atom. The van der Waals surface area contributed by atoms with Crippen molar-refractivity contribution in [3.8, 4) is 6.07 Å². The van der Waals surface area contributed by atoms with Crippen LogP contribution in [0.4, 0.5) is 0 Å². The third kappa shape index (κ3) is 1.62. The fourth-order valence-electron chi connectivity index (χ4n) is 1.26. The first-order valence-corrected chi connectivity index (χ1v) is 4.18. The van der Waals surface area contributed by atoms with Gasteiger partial charge in [0.25, 0.3) is 5.56 Å². The van der Waals surface area contributed by atoms with Gasteiger partial charge in [-0.2, -0.15) is 5.26 Å². The van der Waals surface area contributed by atoms with Gasteiger partial charge in [0, 0.05) is 13.1 Å².